The van der Waals surface area contributed by atoms with Crippen LogP contribution in [0.15, 0.2) is 64.2 Å². The van der Waals surface area contributed by atoms with E-state index < -0.39 is 0 Å². The molecular formula is C29H30N4O4. The molecule has 0 unspecified atom stereocenters. The van der Waals surface area contributed by atoms with Gasteiger partial charge in [-0.3, -0.25) is 9.79 Å². The van der Waals surface area contributed by atoms with E-state index in [1.807, 2.05) is 41.4 Å². The quantitative estimate of drug-likeness (QED) is 0.314. The van der Waals surface area contributed by atoms with Crippen LogP contribution in [0.4, 0.5) is 5.69 Å². The molecule has 0 saturated carbocycles. The largest absolute Gasteiger partial charge is 0.493 e. The summed E-state index contributed by atoms with van der Waals surface area (Å²) in [4.78, 5) is 24.3. The molecule has 2 aromatic carbocycles. The monoisotopic (exact) mass is 498 g/mol. The third kappa shape index (κ3) is 4.53. The molecule has 0 aliphatic carbocycles. The van der Waals surface area contributed by atoms with Gasteiger partial charge in [0.1, 0.15) is 5.75 Å². The lowest BCUT2D eigenvalue weighted by Crippen LogP contribution is -2.35. The van der Waals surface area contributed by atoms with Gasteiger partial charge in [-0.2, -0.15) is 0 Å². The highest BCUT2D eigenvalue weighted by molar-refractivity contribution is 6.03. The highest BCUT2D eigenvalue weighted by atomic mass is 16.5. The van der Waals surface area contributed by atoms with E-state index in [1.54, 1.807) is 18.4 Å². The maximum Gasteiger partial charge on any atom is 0.256 e. The first-order valence-electron chi connectivity index (χ1n) is 13.0. The third-order valence-electron chi connectivity index (χ3n) is 7.21. The highest BCUT2D eigenvalue weighted by Gasteiger charge is 2.32. The Morgan fingerprint density at radius 2 is 2.03 bits per heavy atom. The van der Waals surface area contributed by atoms with Gasteiger partial charge in [0.05, 0.1) is 47.8 Å². The molecule has 2 aliphatic rings. The van der Waals surface area contributed by atoms with Crippen LogP contribution in [0.5, 0.6) is 5.75 Å². The Labute approximate surface area is 215 Å². The molecule has 2 aliphatic heterocycles. The van der Waals surface area contributed by atoms with Crippen LogP contribution < -0.4 is 4.74 Å². The summed E-state index contributed by atoms with van der Waals surface area (Å²) in [6, 6.07) is 15.5. The summed E-state index contributed by atoms with van der Waals surface area (Å²) in [5.41, 5.74) is 3.82. The molecule has 1 saturated heterocycles. The average molecular weight is 499 g/mol. The number of amides is 1. The number of furan rings is 1. The number of aliphatic hydroxyl groups excluding tert-OH is 1. The zero-order valence-electron chi connectivity index (χ0n) is 20.7. The van der Waals surface area contributed by atoms with E-state index in [2.05, 4.69) is 15.6 Å². The number of unbranched alkanes of at least 4 members (excludes halogenated alkanes) is 2. The number of aliphatic hydroxyl groups is 1. The van der Waals surface area contributed by atoms with Gasteiger partial charge in [-0.25, -0.2) is 4.98 Å². The number of nitrogens with zero attached hydrogens (tertiary/aromatic N) is 4. The highest BCUT2D eigenvalue weighted by Crippen LogP contribution is 2.34. The van der Waals surface area contributed by atoms with E-state index >= 15 is 0 Å². The number of imidazole rings is 1. The Kier molecular flexibility index (Phi) is 6.49. The third-order valence-corrected chi connectivity index (χ3v) is 7.21. The van der Waals surface area contributed by atoms with Crippen molar-refractivity contribution >= 4 is 28.8 Å². The van der Waals surface area contributed by atoms with Crippen LogP contribution in [0.2, 0.25) is 0 Å². The fourth-order valence-corrected chi connectivity index (χ4v) is 5.30. The zero-order valence-corrected chi connectivity index (χ0v) is 20.7. The number of hydrogen-bond donors (Lipinski definition) is 1. The van der Waals surface area contributed by atoms with Crippen molar-refractivity contribution in [2.75, 3.05) is 13.2 Å². The summed E-state index contributed by atoms with van der Waals surface area (Å²) in [5, 5.41) is 9.94. The van der Waals surface area contributed by atoms with Crippen LogP contribution in [0.1, 0.15) is 48.0 Å². The van der Waals surface area contributed by atoms with E-state index in [1.165, 1.54) is 0 Å². The molecule has 37 heavy (non-hydrogen) atoms. The van der Waals surface area contributed by atoms with Gasteiger partial charge in [-0.1, -0.05) is 12.1 Å². The standard InChI is InChI=1S/C29H30N4O4/c34-19-20-16-22-24(30-18-21-8-6-13-32(21)29(22)35)17-27(20)37-14-5-1-4-12-33-25-10-3-2-9-23(25)31-28(33)26-11-7-15-36-26/h2-3,7,9-11,15-18,21,34H,1,4-6,8,12-14,19H2/t21-/m0/s1. The van der Waals surface area contributed by atoms with Crippen molar-refractivity contribution in [2.24, 2.45) is 4.99 Å². The second-order valence-corrected chi connectivity index (χ2v) is 9.58. The number of hydrogen-bond acceptors (Lipinski definition) is 6. The SMILES string of the molecule is O=C1c2cc(CO)c(OCCCCCn3c(-c4ccco4)nc4ccccc43)cc2N=C[C@@H]2CCCN12. The number of carbonyl (C=O) groups excluding carboxylic acids is 1. The number of aryl methyl sites for hydroxylation is 1. The Bertz CT molecular complexity index is 1440. The topological polar surface area (TPSA) is 93.1 Å². The van der Waals surface area contributed by atoms with Crippen molar-refractivity contribution in [3.8, 4) is 17.3 Å². The van der Waals surface area contributed by atoms with Gasteiger partial charge < -0.3 is 23.7 Å². The molecule has 2 aromatic heterocycles. The molecule has 190 valence electrons. The Morgan fingerprint density at radius 3 is 2.89 bits per heavy atom. The van der Waals surface area contributed by atoms with E-state index in [4.69, 9.17) is 14.1 Å². The molecule has 8 nitrogen and oxygen atoms in total. The van der Waals surface area contributed by atoms with Gasteiger partial charge in [0.2, 0.25) is 0 Å². The van der Waals surface area contributed by atoms with Crippen molar-refractivity contribution in [1.29, 1.82) is 0 Å². The normalized spacial score (nSPS) is 16.7. The van der Waals surface area contributed by atoms with Crippen molar-refractivity contribution < 1.29 is 19.1 Å². The van der Waals surface area contributed by atoms with Crippen molar-refractivity contribution in [2.45, 2.75) is 51.3 Å². The van der Waals surface area contributed by atoms with Crippen molar-refractivity contribution in [1.82, 2.24) is 14.5 Å². The molecule has 4 heterocycles. The lowest BCUT2D eigenvalue weighted by molar-refractivity contribution is 0.0774. The predicted octanol–water partition coefficient (Wildman–Crippen LogP) is 5.36. The maximum atomic E-state index is 13.0. The van der Waals surface area contributed by atoms with E-state index in [0.717, 1.165) is 67.8 Å². The number of ether oxygens (including phenoxy) is 1. The molecule has 1 N–H and O–H groups in total. The fourth-order valence-electron chi connectivity index (χ4n) is 5.30. The molecule has 1 amide bonds. The Morgan fingerprint density at radius 1 is 1.11 bits per heavy atom. The lowest BCUT2D eigenvalue weighted by atomic mass is 10.1. The molecule has 0 spiro atoms. The molecular weight excluding hydrogens is 468 g/mol. The van der Waals surface area contributed by atoms with Crippen LogP contribution in [0, 0.1) is 0 Å². The summed E-state index contributed by atoms with van der Waals surface area (Å²) in [7, 11) is 0. The van der Waals surface area contributed by atoms with Crippen molar-refractivity contribution in [3.63, 3.8) is 0 Å². The van der Waals surface area contributed by atoms with E-state index in [9.17, 15) is 9.90 Å². The lowest BCUT2D eigenvalue weighted by Gasteiger charge is -2.20. The number of para-hydroxylation sites is 2. The number of benzene rings is 2. The number of aliphatic imine (C=N–C) groups is 1. The molecule has 8 heteroatoms. The van der Waals surface area contributed by atoms with Gasteiger partial charge in [0, 0.05) is 30.9 Å². The fraction of sp³-hybridized carbons (Fsp3) is 0.345. The van der Waals surface area contributed by atoms with Crippen LogP contribution in [0.25, 0.3) is 22.6 Å². The molecule has 6 rings (SSSR count). The van der Waals surface area contributed by atoms with E-state index in [-0.39, 0.29) is 18.6 Å². The van der Waals surface area contributed by atoms with Crippen LogP contribution in [-0.4, -0.2) is 50.9 Å². The van der Waals surface area contributed by atoms with Gasteiger partial charge in [-0.05, 0) is 62.4 Å². The predicted molar refractivity (Wildman–Crippen MR) is 141 cm³/mol. The minimum Gasteiger partial charge on any atom is -0.493 e. The van der Waals surface area contributed by atoms with Crippen LogP contribution >= 0.6 is 0 Å². The summed E-state index contributed by atoms with van der Waals surface area (Å²) in [5.74, 6) is 2.18. The Hall–Kier alpha value is -3.91. The molecule has 4 aromatic rings. The molecule has 0 radical (unpaired) electrons. The first-order chi connectivity index (χ1) is 18.2. The van der Waals surface area contributed by atoms with Crippen molar-refractivity contribution in [3.05, 3.63) is 65.9 Å². The summed E-state index contributed by atoms with van der Waals surface area (Å²) >= 11 is 0. The summed E-state index contributed by atoms with van der Waals surface area (Å²) < 4.78 is 13.9. The van der Waals surface area contributed by atoms with Crippen LogP contribution in [0.3, 0.4) is 0 Å². The maximum absolute atomic E-state index is 13.0. The second-order valence-electron chi connectivity index (χ2n) is 9.58. The first kappa shape index (κ1) is 23.5. The first-order valence-corrected chi connectivity index (χ1v) is 13.0. The smallest absolute Gasteiger partial charge is 0.256 e. The number of aromatic nitrogens is 2. The zero-order chi connectivity index (χ0) is 25.2. The summed E-state index contributed by atoms with van der Waals surface area (Å²) in [6.07, 6.45) is 8.27. The molecule has 0 bridgehead atoms. The molecule has 1 fully saturated rings. The minimum atomic E-state index is -0.188. The number of carbonyl (C=O) groups is 1. The van der Waals surface area contributed by atoms with E-state index in [0.29, 0.717) is 29.2 Å². The van der Waals surface area contributed by atoms with Gasteiger partial charge in [0.15, 0.2) is 11.6 Å². The second kappa shape index (κ2) is 10.2. The van der Waals surface area contributed by atoms with Gasteiger partial charge in [-0.15, -0.1) is 0 Å². The summed E-state index contributed by atoms with van der Waals surface area (Å²) in [6.45, 7) is 1.91. The van der Waals surface area contributed by atoms with Gasteiger partial charge in [0.25, 0.3) is 5.91 Å². The molecule has 1 atom stereocenters. The average Bonchev–Trinajstić information content (AvgIpc) is 3.67. The Balaban J connectivity index is 1.09. The minimum absolute atomic E-state index is 0.0165. The number of fused-ring (bicyclic) bond motifs is 3. The van der Waals surface area contributed by atoms with Gasteiger partial charge >= 0.3 is 0 Å². The van der Waals surface area contributed by atoms with Crippen LogP contribution in [-0.2, 0) is 13.2 Å². The number of rotatable bonds is 9.